The van der Waals surface area contributed by atoms with Crippen molar-refractivity contribution < 1.29 is 13.2 Å². The molecular weight excluding hydrogens is 428 g/mol. The van der Waals surface area contributed by atoms with E-state index in [4.69, 9.17) is 4.42 Å². The molecule has 0 spiro atoms. The molecule has 5 aromatic rings. The molecule has 0 bridgehead atoms. The molecule has 3 aromatic heterocycles. The Bertz CT molecular complexity index is 1410. The van der Waals surface area contributed by atoms with Crippen molar-refractivity contribution in [2.24, 2.45) is 0 Å². The van der Waals surface area contributed by atoms with E-state index in [1.54, 1.807) is 6.33 Å². The maximum atomic E-state index is 12.7. The molecule has 5 rings (SSSR count). The lowest BCUT2D eigenvalue weighted by molar-refractivity contribution is 0.116. The molecule has 164 valence electrons. The summed E-state index contributed by atoms with van der Waals surface area (Å²) in [6, 6.07) is 13.9. The number of hydrogen-bond acceptors (Lipinski definition) is 7. The van der Waals surface area contributed by atoms with Crippen LogP contribution < -0.4 is 5.32 Å². The van der Waals surface area contributed by atoms with E-state index in [0.29, 0.717) is 18.1 Å². The van der Waals surface area contributed by atoms with E-state index in [0.717, 1.165) is 27.8 Å². The van der Waals surface area contributed by atoms with Crippen LogP contribution in [0.3, 0.4) is 0 Å². The summed E-state index contributed by atoms with van der Waals surface area (Å²) in [5, 5.41) is 10.1. The summed E-state index contributed by atoms with van der Waals surface area (Å²) < 4.78 is 32.3. The molecule has 0 saturated heterocycles. The van der Waals surface area contributed by atoms with Gasteiger partial charge < -0.3 is 14.3 Å². The number of nitrogens with zero attached hydrogens (tertiary/aromatic N) is 6. The van der Waals surface area contributed by atoms with Crippen molar-refractivity contribution >= 4 is 22.7 Å². The smallest absolute Gasteiger partial charge is 0.314 e. The zero-order valence-corrected chi connectivity index (χ0v) is 17.2. The minimum Gasteiger partial charge on any atom is -0.415 e. The lowest BCUT2D eigenvalue weighted by Gasteiger charge is -2.10. The van der Waals surface area contributed by atoms with Crippen molar-refractivity contribution in [3.63, 3.8) is 0 Å². The summed E-state index contributed by atoms with van der Waals surface area (Å²) in [5.74, 6) is -0.497. The molecule has 0 aliphatic heterocycles. The van der Waals surface area contributed by atoms with Gasteiger partial charge in [-0.25, -0.2) is 15.0 Å². The Kier molecular flexibility index (Phi) is 5.31. The van der Waals surface area contributed by atoms with Crippen molar-refractivity contribution in [3.05, 3.63) is 79.7 Å². The highest BCUT2D eigenvalue weighted by Crippen LogP contribution is 2.32. The molecule has 0 atom stereocenters. The van der Waals surface area contributed by atoms with E-state index in [1.807, 2.05) is 53.1 Å². The van der Waals surface area contributed by atoms with Gasteiger partial charge in [0.15, 0.2) is 0 Å². The average molecular weight is 445 g/mol. The van der Waals surface area contributed by atoms with E-state index in [2.05, 4.69) is 37.0 Å². The second-order valence-corrected chi connectivity index (χ2v) is 7.11. The number of hydrogen-bond donors (Lipinski definition) is 1. The average Bonchev–Trinajstić information content (AvgIpc) is 3.48. The number of fused-ring (bicyclic) bond motifs is 1. The third-order valence-corrected chi connectivity index (χ3v) is 4.92. The molecule has 10 heteroatoms. The third kappa shape index (κ3) is 4.05. The molecule has 0 saturated carbocycles. The van der Waals surface area contributed by atoms with Crippen molar-refractivity contribution in [2.75, 3.05) is 5.32 Å². The van der Waals surface area contributed by atoms with Crippen molar-refractivity contribution in [1.82, 2.24) is 29.7 Å². The van der Waals surface area contributed by atoms with Crippen molar-refractivity contribution in [1.29, 1.82) is 0 Å². The third-order valence-electron chi connectivity index (χ3n) is 4.92. The molecule has 1 N–H and O–H groups in total. The Morgan fingerprint density at radius 1 is 1.03 bits per heavy atom. The van der Waals surface area contributed by atoms with Crippen LogP contribution in [0.2, 0.25) is 0 Å². The van der Waals surface area contributed by atoms with Crippen LogP contribution in [-0.4, -0.2) is 29.7 Å². The molecule has 0 radical (unpaired) electrons. The van der Waals surface area contributed by atoms with E-state index in [-0.39, 0.29) is 5.89 Å². The fraction of sp³-hybridized carbons (Fsp3) is 0.0870. The fourth-order valence-corrected chi connectivity index (χ4v) is 3.43. The highest BCUT2D eigenvalue weighted by atomic mass is 19.3. The lowest BCUT2D eigenvalue weighted by Crippen LogP contribution is -1.99. The number of allylic oxidation sites excluding steroid dienone is 1. The topological polar surface area (TPSA) is 94.6 Å². The number of benzene rings is 2. The monoisotopic (exact) mass is 445 g/mol. The number of aromatic nitrogens is 6. The Morgan fingerprint density at radius 2 is 1.82 bits per heavy atom. The Hall–Kier alpha value is -4.47. The van der Waals surface area contributed by atoms with Gasteiger partial charge in [-0.2, -0.15) is 8.78 Å². The summed E-state index contributed by atoms with van der Waals surface area (Å²) in [4.78, 5) is 13.1. The van der Waals surface area contributed by atoms with Gasteiger partial charge in [0.25, 0.3) is 11.8 Å². The second-order valence-electron chi connectivity index (χ2n) is 7.11. The van der Waals surface area contributed by atoms with Gasteiger partial charge in [-0.3, -0.25) is 0 Å². The minimum atomic E-state index is -2.84. The van der Waals surface area contributed by atoms with Gasteiger partial charge >= 0.3 is 6.43 Å². The lowest BCUT2D eigenvalue weighted by atomic mass is 10.0. The van der Waals surface area contributed by atoms with Gasteiger partial charge in [0, 0.05) is 30.2 Å². The van der Waals surface area contributed by atoms with Gasteiger partial charge in [0.1, 0.15) is 0 Å². The van der Waals surface area contributed by atoms with Gasteiger partial charge in [0.05, 0.1) is 22.9 Å². The summed E-state index contributed by atoms with van der Waals surface area (Å²) in [6.07, 6.45) is 3.61. The van der Waals surface area contributed by atoms with Crippen LogP contribution in [0.15, 0.2) is 78.3 Å². The SMILES string of the molecule is C=CCn1cnc2c(-c3ccccc3)cc(Nc3ncc(-c4nnc(C(F)F)o4)cn3)cc21. The molecule has 3 heterocycles. The molecule has 0 fully saturated rings. The molecular formula is C23H17F2N7O. The predicted molar refractivity (Wildman–Crippen MR) is 119 cm³/mol. The molecule has 0 aliphatic carbocycles. The Balaban J connectivity index is 1.49. The zero-order chi connectivity index (χ0) is 22.8. The van der Waals surface area contributed by atoms with E-state index in [9.17, 15) is 8.78 Å². The second kappa shape index (κ2) is 8.58. The minimum absolute atomic E-state index is 0.0713. The highest BCUT2D eigenvalue weighted by molar-refractivity contribution is 5.95. The van der Waals surface area contributed by atoms with Gasteiger partial charge in [-0.05, 0) is 17.7 Å². The predicted octanol–water partition coefficient (Wildman–Crippen LogP) is 5.41. The quantitative estimate of drug-likeness (QED) is 0.335. The largest absolute Gasteiger partial charge is 0.415 e. The molecule has 33 heavy (non-hydrogen) atoms. The van der Waals surface area contributed by atoms with Crippen LogP contribution in [0.1, 0.15) is 12.3 Å². The maximum absolute atomic E-state index is 12.7. The summed E-state index contributed by atoms with van der Waals surface area (Å²) >= 11 is 0. The van der Waals surface area contributed by atoms with Gasteiger partial charge in [-0.1, -0.05) is 36.4 Å². The fourth-order valence-electron chi connectivity index (χ4n) is 3.43. The first-order valence-electron chi connectivity index (χ1n) is 9.98. The Morgan fingerprint density at radius 3 is 2.52 bits per heavy atom. The summed E-state index contributed by atoms with van der Waals surface area (Å²) in [6.45, 7) is 4.43. The van der Waals surface area contributed by atoms with Crippen LogP contribution in [0.4, 0.5) is 20.4 Å². The van der Waals surface area contributed by atoms with E-state index < -0.39 is 12.3 Å². The number of nitrogens with one attached hydrogen (secondary N) is 1. The first-order valence-corrected chi connectivity index (χ1v) is 9.98. The van der Waals surface area contributed by atoms with E-state index in [1.165, 1.54) is 12.4 Å². The summed E-state index contributed by atoms with van der Waals surface area (Å²) in [5.41, 5.74) is 4.89. The molecule has 8 nitrogen and oxygen atoms in total. The first-order chi connectivity index (χ1) is 16.1. The number of halogens is 2. The highest BCUT2D eigenvalue weighted by Gasteiger charge is 2.17. The number of anilines is 2. The number of alkyl halides is 2. The number of imidazole rings is 1. The Labute approximate surface area is 186 Å². The van der Waals surface area contributed by atoms with Gasteiger partial charge in [-0.15, -0.1) is 16.8 Å². The normalized spacial score (nSPS) is 11.2. The van der Waals surface area contributed by atoms with Crippen LogP contribution in [-0.2, 0) is 6.54 Å². The van der Waals surface area contributed by atoms with Crippen LogP contribution in [0, 0.1) is 0 Å². The first kappa shape index (κ1) is 20.4. The summed E-state index contributed by atoms with van der Waals surface area (Å²) in [7, 11) is 0. The molecule has 0 amide bonds. The van der Waals surface area contributed by atoms with Crippen LogP contribution in [0.5, 0.6) is 0 Å². The zero-order valence-electron chi connectivity index (χ0n) is 17.2. The molecule has 2 aromatic carbocycles. The van der Waals surface area contributed by atoms with Crippen molar-refractivity contribution in [2.45, 2.75) is 13.0 Å². The van der Waals surface area contributed by atoms with E-state index >= 15 is 0 Å². The van der Waals surface area contributed by atoms with Crippen LogP contribution in [0.25, 0.3) is 33.6 Å². The molecule has 0 unspecified atom stereocenters. The maximum Gasteiger partial charge on any atom is 0.314 e. The van der Waals surface area contributed by atoms with Gasteiger partial charge in [0.2, 0.25) is 5.95 Å². The van der Waals surface area contributed by atoms with Crippen molar-refractivity contribution in [3.8, 4) is 22.6 Å². The standard InChI is InChI=1S/C23H17F2N7O/c1-2-8-32-13-28-19-17(14-6-4-3-5-7-14)9-16(10-18(19)32)29-23-26-11-15(12-27-23)21-30-31-22(33-21)20(24)25/h2-7,9-13,20H,1,8H2,(H,26,27,29). The number of rotatable bonds is 7. The van der Waals surface area contributed by atoms with Crippen LogP contribution >= 0.6 is 0 Å². The molecule has 0 aliphatic rings.